The summed E-state index contributed by atoms with van der Waals surface area (Å²) in [7, 11) is 0. The molecule has 0 saturated heterocycles. The number of hydrogen-bond acceptors (Lipinski definition) is 4. The molecule has 0 N–H and O–H groups in total. The Bertz CT molecular complexity index is 1480. The summed E-state index contributed by atoms with van der Waals surface area (Å²) in [6.07, 6.45) is 0. The predicted octanol–water partition coefficient (Wildman–Crippen LogP) is 9.48. The fourth-order valence-corrected chi connectivity index (χ4v) is 6.68. The second-order valence-electron chi connectivity index (χ2n) is 13.9. The summed E-state index contributed by atoms with van der Waals surface area (Å²) >= 11 is 0. The van der Waals surface area contributed by atoms with Crippen molar-refractivity contribution in [2.45, 2.75) is 71.6 Å². The Balaban J connectivity index is 1.77. The van der Waals surface area contributed by atoms with Crippen LogP contribution in [0.15, 0.2) is 84.9 Å². The third kappa shape index (κ3) is 6.41. The summed E-state index contributed by atoms with van der Waals surface area (Å²) in [6.45, 7) is 21.1. The Morgan fingerprint density at radius 1 is 0.511 bits per heavy atom. The third-order valence-electron chi connectivity index (χ3n) is 8.77. The fraction of sp³-hybridized carbons (Fsp3) is 0.415. The first-order chi connectivity index (χ1) is 21.5. The van der Waals surface area contributed by atoms with Crippen LogP contribution in [-0.4, -0.2) is 39.6 Å². The lowest BCUT2D eigenvalue weighted by atomic mass is 9.66. The zero-order valence-electron chi connectivity index (χ0n) is 28.5. The van der Waals surface area contributed by atoms with Gasteiger partial charge in [-0.05, 0) is 93.5 Å². The summed E-state index contributed by atoms with van der Waals surface area (Å²) in [5.41, 5.74) is 9.17. The number of hydrogen-bond donors (Lipinski definition) is 0. The van der Waals surface area contributed by atoms with Crippen molar-refractivity contribution in [3.05, 3.63) is 118 Å². The van der Waals surface area contributed by atoms with Gasteiger partial charge in [0, 0.05) is 13.2 Å². The SMILES string of the molecule is CCOCCOc1ccc(C2(c3ccc(OCCOCC)c(C(C)(C)C)c3)c3ccccc3-c3ccccc32)cc1C(C)(C)C. The maximum absolute atomic E-state index is 6.34. The van der Waals surface area contributed by atoms with E-state index >= 15 is 0 Å². The lowest BCUT2D eigenvalue weighted by molar-refractivity contribution is 0.109. The van der Waals surface area contributed by atoms with E-state index in [-0.39, 0.29) is 10.8 Å². The molecular weight excluding hydrogens is 556 g/mol. The number of benzene rings is 4. The maximum Gasteiger partial charge on any atom is 0.123 e. The minimum atomic E-state index is -0.527. The van der Waals surface area contributed by atoms with Gasteiger partial charge in [0.05, 0.1) is 18.6 Å². The molecule has 0 bridgehead atoms. The van der Waals surface area contributed by atoms with Gasteiger partial charge in [0.2, 0.25) is 0 Å². The largest absolute Gasteiger partial charge is 0.491 e. The topological polar surface area (TPSA) is 36.9 Å². The van der Waals surface area contributed by atoms with Crippen molar-refractivity contribution in [3.63, 3.8) is 0 Å². The molecule has 238 valence electrons. The van der Waals surface area contributed by atoms with E-state index in [1.165, 1.54) is 44.5 Å². The van der Waals surface area contributed by atoms with Crippen LogP contribution >= 0.6 is 0 Å². The van der Waals surface area contributed by atoms with Crippen LogP contribution in [0.1, 0.15) is 88.8 Å². The van der Waals surface area contributed by atoms with Gasteiger partial charge in [0.15, 0.2) is 0 Å². The molecule has 4 heteroatoms. The lowest BCUT2D eigenvalue weighted by Crippen LogP contribution is -2.30. The maximum atomic E-state index is 6.34. The van der Waals surface area contributed by atoms with Crippen LogP contribution < -0.4 is 9.47 Å². The third-order valence-corrected chi connectivity index (χ3v) is 8.77. The summed E-state index contributed by atoms with van der Waals surface area (Å²) in [4.78, 5) is 0. The molecule has 0 unspecified atom stereocenters. The van der Waals surface area contributed by atoms with E-state index in [0.717, 1.165) is 11.5 Å². The lowest BCUT2D eigenvalue weighted by Gasteiger charge is -2.36. The molecule has 1 aliphatic carbocycles. The van der Waals surface area contributed by atoms with Crippen LogP contribution in [-0.2, 0) is 25.7 Å². The zero-order valence-corrected chi connectivity index (χ0v) is 28.5. The molecule has 4 nitrogen and oxygen atoms in total. The van der Waals surface area contributed by atoms with Crippen LogP contribution in [0.4, 0.5) is 0 Å². The smallest absolute Gasteiger partial charge is 0.123 e. The predicted molar refractivity (Wildman–Crippen MR) is 185 cm³/mol. The molecule has 0 atom stereocenters. The number of ether oxygens (including phenoxy) is 4. The van der Waals surface area contributed by atoms with Gasteiger partial charge in [0.25, 0.3) is 0 Å². The molecule has 4 aromatic rings. The van der Waals surface area contributed by atoms with E-state index in [4.69, 9.17) is 18.9 Å². The molecule has 45 heavy (non-hydrogen) atoms. The number of fused-ring (bicyclic) bond motifs is 3. The minimum absolute atomic E-state index is 0.134. The quantitative estimate of drug-likeness (QED) is 0.133. The van der Waals surface area contributed by atoms with Gasteiger partial charge < -0.3 is 18.9 Å². The second kappa shape index (κ2) is 13.4. The van der Waals surface area contributed by atoms with Crippen LogP contribution in [0.5, 0.6) is 11.5 Å². The first-order valence-electron chi connectivity index (χ1n) is 16.4. The molecular formula is C41H50O4. The molecule has 0 fully saturated rings. The van der Waals surface area contributed by atoms with Crippen molar-refractivity contribution < 1.29 is 18.9 Å². The van der Waals surface area contributed by atoms with Crippen LogP contribution in [0.2, 0.25) is 0 Å². The molecule has 0 heterocycles. The van der Waals surface area contributed by atoms with Crippen molar-refractivity contribution in [2.24, 2.45) is 0 Å². The zero-order chi connectivity index (χ0) is 32.2. The van der Waals surface area contributed by atoms with E-state index in [1.54, 1.807) is 0 Å². The molecule has 0 saturated carbocycles. The van der Waals surface area contributed by atoms with E-state index in [9.17, 15) is 0 Å². The van der Waals surface area contributed by atoms with Crippen LogP contribution in [0, 0.1) is 0 Å². The standard InChI is InChI=1S/C41H50O4/c1-9-42-23-25-44-37-21-19-29(27-35(37)39(3,4)5)41(33-17-13-11-15-31(33)32-16-12-14-18-34(32)41)30-20-22-38(45-26-24-43-10-2)36(28-30)40(6,7)8/h11-22,27-28H,9-10,23-26H2,1-8H3. The van der Waals surface area contributed by atoms with E-state index in [0.29, 0.717) is 39.6 Å². The summed E-state index contributed by atoms with van der Waals surface area (Å²) in [5.74, 6) is 1.82. The molecule has 1 aliphatic rings. The highest BCUT2D eigenvalue weighted by Crippen LogP contribution is 2.57. The highest BCUT2D eigenvalue weighted by atomic mass is 16.5. The van der Waals surface area contributed by atoms with Crippen molar-refractivity contribution >= 4 is 0 Å². The Morgan fingerprint density at radius 2 is 0.911 bits per heavy atom. The van der Waals surface area contributed by atoms with Crippen molar-refractivity contribution in [2.75, 3.05) is 39.6 Å². The average molecular weight is 607 g/mol. The van der Waals surface area contributed by atoms with Gasteiger partial charge in [-0.1, -0.05) is 102 Å². The minimum Gasteiger partial charge on any atom is -0.491 e. The van der Waals surface area contributed by atoms with Crippen LogP contribution in [0.25, 0.3) is 11.1 Å². The Kier molecular flexibility index (Phi) is 9.77. The van der Waals surface area contributed by atoms with E-state index < -0.39 is 5.41 Å². The molecule has 4 aromatic carbocycles. The van der Waals surface area contributed by atoms with Gasteiger partial charge in [-0.3, -0.25) is 0 Å². The van der Waals surface area contributed by atoms with E-state index in [1.807, 2.05) is 13.8 Å². The second-order valence-corrected chi connectivity index (χ2v) is 13.9. The summed E-state index contributed by atoms with van der Waals surface area (Å²) in [5, 5.41) is 0. The van der Waals surface area contributed by atoms with E-state index in [2.05, 4.69) is 126 Å². The molecule has 0 aromatic heterocycles. The van der Waals surface area contributed by atoms with Crippen molar-refractivity contribution in [1.82, 2.24) is 0 Å². The average Bonchev–Trinajstić information content (AvgIpc) is 3.32. The van der Waals surface area contributed by atoms with Gasteiger partial charge in [-0.25, -0.2) is 0 Å². The van der Waals surface area contributed by atoms with Gasteiger partial charge in [0.1, 0.15) is 24.7 Å². The Morgan fingerprint density at radius 3 is 1.29 bits per heavy atom. The summed E-state index contributed by atoms with van der Waals surface area (Å²) in [6, 6.07) is 31.4. The normalized spacial score (nSPS) is 13.8. The number of rotatable bonds is 12. The molecule has 0 aliphatic heterocycles. The first kappa shape index (κ1) is 32.8. The monoisotopic (exact) mass is 606 g/mol. The van der Waals surface area contributed by atoms with Gasteiger partial charge >= 0.3 is 0 Å². The molecule has 0 amide bonds. The Hall–Kier alpha value is -3.60. The highest BCUT2D eigenvalue weighted by molar-refractivity contribution is 5.86. The first-order valence-corrected chi connectivity index (χ1v) is 16.4. The van der Waals surface area contributed by atoms with Gasteiger partial charge in [-0.15, -0.1) is 0 Å². The summed E-state index contributed by atoms with van der Waals surface area (Å²) < 4.78 is 23.8. The van der Waals surface area contributed by atoms with Crippen molar-refractivity contribution in [1.29, 1.82) is 0 Å². The molecule has 0 spiro atoms. The molecule has 0 radical (unpaired) electrons. The van der Waals surface area contributed by atoms with Crippen molar-refractivity contribution in [3.8, 4) is 22.6 Å². The Labute approximate surface area is 270 Å². The van der Waals surface area contributed by atoms with Gasteiger partial charge in [-0.2, -0.15) is 0 Å². The fourth-order valence-electron chi connectivity index (χ4n) is 6.68. The van der Waals surface area contributed by atoms with Crippen LogP contribution in [0.3, 0.4) is 0 Å². The molecule has 5 rings (SSSR count). The highest BCUT2D eigenvalue weighted by Gasteiger charge is 2.47.